The summed E-state index contributed by atoms with van der Waals surface area (Å²) in [6.45, 7) is 4.52. The van der Waals surface area contributed by atoms with E-state index in [0.29, 0.717) is 11.5 Å². The Labute approximate surface area is 141 Å². The minimum Gasteiger partial charge on any atom is -0.384 e. The molecule has 7 heteroatoms. The molecule has 2 aromatic rings. The van der Waals surface area contributed by atoms with Crippen molar-refractivity contribution in [3.63, 3.8) is 0 Å². The fourth-order valence-electron chi connectivity index (χ4n) is 3.08. The lowest BCUT2D eigenvalue weighted by molar-refractivity contribution is -0.125. The summed E-state index contributed by atoms with van der Waals surface area (Å²) in [6, 6.07) is 3.68. The number of hydrogen-bond donors (Lipinski definition) is 2. The Morgan fingerprint density at radius 1 is 1.33 bits per heavy atom. The highest BCUT2D eigenvalue weighted by atomic mass is 16.1. The Kier molecular flexibility index (Phi) is 5.08. The van der Waals surface area contributed by atoms with E-state index in [1.54, 1.807) is 6.07 Å². The van der Waals surface area contributed by atoms with Crippen LogP contribution in [0.5, 0.6) is 0 Å². The van der Waals surface area contributed by atoms with Crippen molar-refractivity contribution in [2.45, 2.75) is 32.6 Å². The molecule has 0 bridgehead atoms. The summed E-state index contributed by atoms with van der Waals surface area (Å²) in [6.07, 6.45) is 5.33. The number of carbonyl (C=O) groups excluding carboxylic acids is 1. The maximum atomic E-state index is 12.2. The highest BCUT2D eigenvalue weighted by Gasteiger charge is 2.26. The molecule has 0 unspecified atom stereocenters. The summed E-state index contributed by atoms with van der Waals surface area (Å²) in [5, 5.41) is 3.94. The van der Waals surface area contributed by atoms with Gasteiger partial charge in [0.15, 0.2) is 5.65 Å². The van der Waals surface area contributed by atoms with Crippen LogP contribution in [-0.2, 0) is 4.79 Å². The number of carbonyl (C=O) groups is 1. The van der Waals surface area contributed by atoms with Gasteiger partial charge in [0.2, 0.25) is 5.91 Å². The van der Waals surface area contributed by atoms with Gasteiger partial charge in [-0.15, -0.1) is 0 Å². The van der Waals surface area contributed by atoms with Crippen molar-refractivity contribution < 1.29 is 4.79 Å². The predicted molar refractivity (Wildman–Crippen MR) is 94.6 cm³/mol. The van der Waals surface area contributed by atoms with Crippen molar-refractivity contribution in [3.8, 4) is 0 Å². The first-order valence-electron chi connectivity index (χ1n) is 8.59. The van der Waals surface area contributed by atoms with Crippen molar-refractivity contribution in [2.75, 3.05) is 30.3 Å². The number of hydrogen-bond acceptors (Lipinski definition) is 6. The molecule has 1 aliphatic rings. The lowest BCUT2D eigenvalue weighted by Gasteiger charge is -2.32. The Bertz CT molecular complexity index is 711. The fraction of sp³-hybridized carbons (Fsp3) is 0.529. The zero-order chi connectivity index (χ0) is 16.9. The van der Waals surface area contributed by atoms with Crippen LogP contribution >= 0.6 is 0 Å². The Hall–Kier alpha value is -2.44. The van der Waals surface area contributed by atoms with Gasteiger partial charge in [-0.05, 0) is 31.4 Å². The monoisotopic (exact) mass is 328 g/mol. The van der Waals surface area contributed by atoms with Crippen LogP contribution in [0.25, 0.3) is 11.0 Å². The number of nitrogens with two attached hydrogens (primary N) is 1. The van der Waals surface area contributed by atoms with Crippen LogP contribution in [0.2, 0.25) is 0 Å². The number of pyridine rings is 1. The highest BCUT2D eigenvalue weighted by Crippen LogP contribution is 2.27. The molecule has 0 atom stereocenters. The largest absolute Gasteiger partial charge is 0.384 e. The second kappa shape index (κ2) is 7.42. The van der Waals surface area contributed by atoms with Crippen molar-refractivity contribution in [1.29, 1.82) is 0 Å². The Morgan fingerprint density at radius 3 is 2.88 bits per heavy atom. The van der Waals surface area contributed by atoms with Gasteiger partial charge in [-0.25, -0.2) is 15.0 Å². The smallest absolute Gasteiger partial charge is 0.223 e. The quantitative estimate of drug-likeness (QED) is 0.812. The topological polar surface area (TPSA) is 97.0 Å². The third-order valence-electron chi connectivity index (χ3n) is 4.49. The number of unbranched alkanes of at least 4 members (excludes halogenated alkanes) is 1. The zero-order valence-corrected chi connectivity index (χ0v) is 14.0. The first-order chi connectivity index (χ1) is 11.7. The molecule has 1 aliphatic heterocycles. The average Bonchev–Trinajstić information content (AvgIpc) is 2.61. The molecule has 0 radical (unpaired) electrons. The van der Waals surface area contributed by atoms with Gasteiger partial charge in [-0.1, -0.05) is 13.3 Å². The number of nitrogens with zero attached hydrogens (tertiary/aromatic N) is 4. The number of anilines is 2. The summed E-state index contributed by atoms with van der Waals surface area (Å²) in [4.78, 5) is 27.3. The third kappa shape index (κ3) is 3.55. The molecule has 0 aliphatic carbocycles. The SMILES string of the molecule is CCCCNC(=O)C1CCN(c2ncnc3nc(N)ccc23)CC1. The molecule has 0 saturated carbocycles. The summed E-state index contributed by atoms with van der Waals surface area (Å²) < 4.78 is 0. The molecular formula is C17H24N6O. The van der Waals surface area contributed by atoms with Gasteiger partial charge < -0.3 is 16.0 Å². The number of rotatable bonds is 5. The number of fused-ring (bicyclic) bond motifs is 1. The number of aromatic nitrogens is 3. The summed E-state index contributed by atoms with van der Waals surface area (Å²) >= 11 is 0. The van der Waals surface area contributed by atoms with Gasteiger partial charge in [-0.3, -0.25) is 4.79 Å². The molecule has 1 fully saturated rings. The summed E-state index contributed by atoms with van der Waals surface area (Å²) in [5.74, 6) is 1.61. The van der Waals surface area contributed by atoms with Gasteiger partial charge in [-0.2, -0.15) is 0 Å². The molecule has 128 valence electrons. The predicted octanol–water partition coefficient (Wildman–Crippen LogP) is 1.74. The van der Waals surface area contributed by atoms with Crippen LogP contribution in [-0.4, -0.2) is 40.5 Å². The molecule has 2 aromatic heterocycles. The molecule has 3 rings (SSSR count). The molecule has 3 heterocycles. The van der Waals surface area contributed by atoms with E-state index < -0.39 is 0 Å². The van der Waals surface area contributed by atoms with E-state index in [4.69, 9.17) is 5.73 Å². The van der Waals surface area contributed by atoms with Gasteiger partial charge >= 0.3 is 0 Å². The van der Waals surface area contributed by atoms with Crippen LogP contribution in [0.3, 0.4) is 0 Å². The maximum Gasteiger partial charge on any atom is 0.223 e. The molecule has 7 nitrogen and oxygen atoms in total. The van der Waals surface area contributed by atoms with Gasteiger partial charge in [0.1, 0.15) is 18.0 Å². The van der Waals surface area contributed by atoms with Crippen LogP contribution in [0, 0.1) is 5.92 Å². The third-order valence-corrected chi connectivity index (χ3v) is 4.49. The highest BCUT2D eigenvalue weighted by molar-refractivity contribution is 5.88. The Balaban J connectivity index is 1.66. The van der Waals surface area contributed by atoms with E-state index in [9.17, 15) is 4.79 Å². The second-order valence-corrected chi connectivity index (χ2v) is 6.21. The second-order valence-electron chi connectivity index (χ2n) is 6.21. The normalized spacial score (nSPS) is 15.6. The molecule has 1 saturated heterocycles. The lowest BCUT2D eigenvalue weighted by atomic mass is 9.95. The number of nitrogen functional groups attached to an aromatic ring is 1. The van der Waals surface area contributed by atoms with Gasteiger partial charge in [0, 0.05) is 25.6 Å². The summed E-state index contributed by atoms with van der Waals surface area (Å²) in [7, 11) is 0. The number of piperidine rings is 1. The maximum absolute atomic E-state index is 12.2. The molecule has 1 amide bonds. The van der Waals surface area contributed by atoms with E-state index in [0.717, 1.165) is 56.5 Å². The molecular weight excluding hydrogens is 304 g/mol. The van der Waals surface area contributed by atoms with Gasteiger partial charge in [0.05, 0.1) is 5.39 Å². The molecule has 0 aromatic carbocycles. The van der Waals surface area contributed by atoms with Crippen LogP contribution in [0.15, 0.2) is 18.5 Å². The van der Waals surface area contributed by atoms with E-state index in [2.05, 4.69) is 32.1 Å². The van der Waals surface area contributed by atoms with E-state index >= 15 is 0 Å². The zero-order valence-electron chi connectivity index (χ0n) is 14.0. The average molecular weight is 328 g/mol. The van der Waals surface area contributed by atoms with Crippen molar-refractivity contribution in [2.24, 2.45) is 5.92 Å². The first-order valence-corrected chi connectivity index (χ1v) is 8.59. The standard InChI is InChI=1S/C17H24N6O/c1-2-3-8-19-17(24)12-6-9-23(10-7-12)16-13-4-5-14(18)22-15(13)20-11-21-16/h4-5,11-12H,2-3,6-10H2,1H3,(H,19,24)(H2,18,20,21,22). The minimum atomic E-state index is 0.0972. The minimum absolute atomic E-state index is 0.0972. The van der Waals surface area contributed by atoms with Crippen molar-refractivity contribution in [1.82, 2.24) is 20.3 Å². The van der Waals surface area contributed by atoms with Gasteiger partial charge in [0.25, 0.3) is 0 Å². The van der Waals surface area contributed by atoms with Crippen molar-refractivity contribution >= 4 is 28.6 Å². The molecule has 3 N–H and O–H groups in total. The Morgan fingerprint density at radius 2 is 2.12 bits per heavy atom. The fourth-order valence-corrected chi connectivity index (χ4v) is 3.08. The molecule has 0 spiro atoms. The first kappa shape index (κ1) is 16.4. The van der Waals surface area contributed by atoms with Crippen LogP contribution in [0.1, 0.15) is 32.6 Å². The van der Waals surface area contributed by atoms with Crippen molar-refractivity contribution in [3.05, 3.63) is 18.5 Å². The summed E-state index contributed by atoms with van der Waals surface area (Å²) in [5.41, 5.74) is 6.33. The molecule has 24 heavy (non-hydrogen) atoms. The van der Waals surface area contributed by atoms with E-state index in [1.807, 2.05) is 6.07 Å². The van der Waals surface area contributed by atoms with Crippen LogP contribution in [0.4, 0.5) is 11.6 Å². The van der Waals surface area contributed by atoms with Crippen LogP contribution < -0.4 is 16.0 Å². The lowest BCUT2D eigenvalue weighted by Crippen LogP contribution is -2.41. The van der Waals surface area contributed by atoms with E-state index in [1.165, 1.54) is 6.33 Å². The van der Waals surface area contributed by atoms with E-state index in [-0.39, 0.29) is 11.8 Å². The number of nitrogens with one attached hydrogen (secondary N) is 1. The number of amides is 1.